The van der Waals surface area contributed by atoms with E-state index < -0.39 is 0 Å². The predicted molar refractivity (Wildman–Crippen MR) is 124 cm³/mol. The average molecular weight is 402 g/mol. The molecule has 0 saturated carbocycles. The van der Waals surface area contributed by atoms with Crippen LogP contribution in [0.25, 0.3) is 6.08 Å². The topological polar surface area (TPSA) is 70.2 Å². The Kier molecular flexibility index (Phi) is 7.16. The van der Waals surface area contributed by atoms with Crippen LogP contribution in [0.4, 0.5) is 23.1 Å². The van der Waals surface area contributed by atoms with Crippen LogP contribution in [-0.4, -0.2) is 29.0 Å². The minimum Gasteiger partial charge on any atom is -0.357 e. The average Bonchev–Trinajstić information content (AvgIpc) is 2.75. The summed E-state index contributed by atoms with van der Waals surface area (Å²) in [6, 6.07) is 19.2. The number of carbonyl (C=O) groups excluding carboxylic acids is 1. The highest BCUT2D eigenvalue weighted by Gasteiger charge is 2.08. The number of anilines is 4. The van der Waals surface area contributed by atoms with Crippen molar-refractivity contribution in [2.75, 3.05) is 28.6 Å². The Hall–Kier alpha value is -3.67. The number of nitrogens with one attached hydrogen (secondary N) is 2. The first-order valence-corrected chi connectivity index (χ1v) is 10.1. The first-order chi connectivity index (χ1) is 14.6. The number of benzene rings is 2. The molecule has 30 heavy (non-hydrogen) atoms. The Balaban J connectivity index is 1.63. The second-order valence-electron chi connectivity index (χ2n) is 6.80. The van der Waals surface area contributed by atoms with E-state index in [0.717, 1.165) is 41.5 Å². The molecule has 2 aromatic carbocycles. The smallest absolute Gasteiger partial charge is 0.248 e. The summed E-state index contributed by atoms with van der Waals surface area (Å²) in [5.74, 6) is 1.29. The number of aromatic nitrogens is 2. The number of carbonyl (C=O) groups is 1. The van der Waals surface area contributed by atoms with E-state index in [9.17, 15) is 4.79 Å². The Morgan fingerprint density at radius 1 is 0.967 bits per heavy atom. The molecule has 0 aliphatic heterocycles. The molecule has 0 spiro atoms. The van der Waals surface area contributed by atoms with E-state index in [0.29, 0.717) is 5.95 Å². The lowest BCUT2D eigenvalue weighted by Crippen LogP contribution is -2.23. The van der Waals surface area contributed by atoms with Crippen molar-refractivity contribution in [3.05, 3.63) is 78.0 Å². The van der Waals surface area contributed by atoms with Gasteiger partial charge in [0.15, 0.2) is 0 Å². The Morgan fingerprint density at radius 2 is 1.63 bits per heavy atom. The van der Waals surface area contributed by atoms with Gasteiger partial charge in [-0.15, -0.1) is 0 Å². The fraction of sp³-hybridized carbons (Fsp3) is 0.208. The molecule has 0 saturated heterocycles. The monoisotopic (exact) mass is 401 g/mol. The summed E-state index contributed by atoms with van der Waals surface area (Å²) in [5.41, 5.74) is 3.46. The molecule has 3 aromatic rings. The summed E-state index contributed by atoms with van der Waals surface area (Å²) in [7, 11) is 0. The van der Waals surface area contributed by atoms with Crippen molar-refractivity contribution >= 4 is 35.1 Å². The molecule has 0 fully saturated rings. The summed E-state index contributed by atoms with van der Waals surface area (Å²) in [4.78, 5) is 23.4. The van der Waals surface area contributed by atoms with Crippen LogP contribution in [0.3, 0.4) is 0 Å². The zero-order valence-electron chi connectivity index (χ0n) is 17.6. The second kappa shape index (κ2) is 10.2. The highest BCUT2D eigenvalue weighted by molar-refractivity contribution is 6.02. The van der Waals surface area contributed by atoms with Gasteiger partial charge in [-0.05, 0) is 56.7 Å². The van der Waals surface area contributed by atoms with Gasteiger partial charge in [-0.2, -0.15) is 4.98 Å². The van der Waals surface area contributed by atoms with Gasteiger partial charge in [-0.3, -0.25) is 4.79 Å². The van der Waals surface area contributed by atoms with Gasteiger partial charge in [0.1, 0.15) is 5.82 Å². The maximum Gasteiger partial charge on any atom is 0.248 e. The first kappa shape index (κ1) is 21.0. The summed E-state index contributed by atoms with van der Waals surface area (Å²) < 4.78 is 0. The van der Waals surface area contributed by atoms with Crippen LogP contribution < -0.4 is 15.5 Å². The van der Waals surface area contributed by atoms with Gasteiger partial charge >= 0.3 is 0 Å². The first-order valence-electron chi connectivity index (χ1n) is 10.1. The van der Waals surface area contributed by atoms with E-state index in [1.54, 1.807) is 6.08 Å². The second-order valence-corrected chi connectivity index (χ2v) is 6.80. The van der Waals surface area contributed by atoms with E-state index >= 15 is 0 Å². The number of amides is 1. The maximum atomic E-state index is 12.1. The van der Waals surface area contributed by atoms with Crippen LogP contribution in [0.2, 0.25) is 0 Å². The molecule has 0 aliphatic rings. The van der Waals surface area contributed by atoms with Gasteiger partial charge < -0.3 is 15.5 Å². The fourth-order valence-corrected chi connectivity index (χ4v) is 3.00. The number of nitrogens with zero attached hydrogens (tertiary/aromatic N) is 3. The van der Waals surface area contributed by atoms with Crippen molar-refractivity contribution < 1.29 is 4.79 Å². The molecule has 2 N–H and O–H groups in total. The molecule has 0 aliphatic carbocycles. The minimum absolute atomic E-state index is 0.176. The predicted octanol–water partition coefficient (Wildman–Crippen LogP) is 5.03. The molecular weight excluding hydrogens is 374 g/mol. The number of hydrogen-bond donors (Lipinski definition) is 2. The highest BCUT2D eigenvalue weighted by Crippen LogP contribution is 2.20. The van der Waals surface area contributed by atoms with Crippen molar-refractivity contribution in [1.82, 2.24) is 9.97 Å². The molecule has 0 unspecified atom stereocenters. The molecule has 154 valence electrons. The zero-order valence-corrected chi connectivity index (χ0v) is 17.6. The zero-order chi connectivity index (χ0) is 21.3. The van der Waals surface area contributed by atoms with E-state index in [2.05, 4.69) is 39.3 Å². The van der Waals surface area contributed by atoms with E-state index in [1.165, 1.54) is 6.08 Å². The molecular formula is C24H27N5O. The van der Waals surface area contributed by atoms with Gasteiger partial charge in [0.05, 0.1) is 0 Å². The minimum atomic E-state index is -0.176. The van der Waals surface area contributed by atoms with Crippen molar-refractivity contribution in [2.24, 2.45) is 0 Å². The largest absolute Gasteiger partial charge is 0.357 e. The number of aryl methyl sites for hydroxylation is 1. The van der Waals surface area contributed by atoms with Crippen LogP contribution in [0.5, 0.6) is 0 Å². The molecule has 0 radical (unpaired) electrons. The fourth-order valence-electron chi connectivity index (χ4n) is 3.00. The van der Waals surface area contributed by atoms with Gasteiger partial charge in [-0.1, -0.05) is 30.3 Å². The van der Waals surface area contributed by atoms with Gasteiger partial charge in [0, 0.05) is 42.3 Å². The van der Waals surface area contributed by atoms with Crippen molar-refractivity contribution in [3.8, 4) is 0 Å². The van der Waals surface area contributed by atoms with Gasteiger partial charge in [-0.25, -0.2) is 4.98 Å². The van der Waals surface area contributed by atoms with E-state index in [1.807, 2.05) is 67.6 Å². The van der Waals surface area contributed by atoms with Crippen molar-refractivity contribution in [3.63, 3.8) is 0 Å². The number of rotatable bonds is 8. The molecule has 6 heteroatoms. The Labute approximate surface area is 177 Å². The summed E-state index contributed by atoms with van der Waals surface area (Å²) in [6.45, 7) is 7.95. The summed E-state index contributed by atoms with van der Waals surface area (Å²) in [5, 5.41) is 6.10. The lowest BCUT2D eigenvalue weighted by molar-refractivity contribution is -0.111. The maximum absolute atomic E-state index is 12.1. The van der Waals surface area contributed by atoms with E-state index in [-0.39, 0.29) is 5.91 Å². The highest BCUT2D eigenvalue weighted by atomic mass is 16.1. The Morgan fingerprint density at radius 3 is 2.30 bits per heavy atom. The van der Waals surface area contributed by atoms with Crippen molar-refractivity contribution in [1.29, 1.82) is 0 Å². The summed E-state index contributed by atoms with van der Waals surface area (Å²) in [6.07, 6.45) is 3.31. The SMILES string of the molecule is CCN(CC)c1cc(C)nc(Nc2ccc(NC(=O)/C=C/c3ccccc3)cc2)n1. The molecule has 3 rings (SSSR count). The van der Waals surface area contributed by atoms with E-state index in [4.69, 9.17) is 0 Å². The van der Waals surface area contributed by atoms with Crippen LogP contribution in [0.15, 0.2) is 66.7 Å². The lowest BCUT2D eigenvalue weighted by Gasteiger charge is -2.20. The normalized spacial score (nSPS) is 10.8. The molecule has 1 heterocycles. The molecule has 1 amide bonds. The third-order valence-electron chi connectivity index (χ3n) is 4.56. The van der Waals surface area contributed by atoms with Crippen molar-refractivity contribution in [2.45, 2.75) is 20.8 Å². The standard InChI is InChI=1S/C24H27N5O/c1-4-29(5-2)22-17-18(3)25-24(28-22)27-21-14-12-20(13-15-21)26-23(30)16-11-19-9-7-6-8-10-19/h6-17H,4-5H2,1-3H3,(H,26,30)(H,25,27,28)/b16-11+. The third-order valence-corrected chi connectivity index (χ3v) is 4.56. The lowest BCUT2D eigenvalue weighted by atomic mass is 10.2. The molecule has 6 nitrogen and oxygen atoms in total. The number of hydrogen-bond acceptors (Lipinski definition) is 5. The molecule has 0 atom stereocenters. The van der Waals surface area contributed by atoms with Crippen LogP contribution in [-0.2, 0) is 4.79 Å². The van der Waals surface area contributed by atoms with Gasteiger partial charge in [0.2, 0.25) is 11.9 Å². The van der Waals surface area contributed by atoms with Crippen LogP contribution in [0, 0.1) is 6.92 Å². The third kappa shape index (κ3) is 5.91. The molecule has 0 bridgehead atoms. The molecule has 1 aromatic heterocycles. The quantitative estimate of drug-likeness (QED) is 0.518. The van der Waals surface area contributed by atoms with Crippen LogP contribution in [0.1, 0.15) is 25.1 Å². The summed E-state index contributed by atoms with van der Waals surface area (Å²) >= 11 is 0. The van der Waals surface area contributed by atoms with Crippen LogP contribution >= 0.6 is 0 Å². The Bertz CT molecular complexity index is 996. The van der Waals surface area contributed by atoms with Gasteiger partial charge in [0.25, 0.3) is 0 Å².